The molecule has 1 aromatic heterocycles. The fraction of sp³-hybridized carbons (Fsp3) is 0.593. The lowest BCUT2D eigenvalue weighted by molar-refractivity contribution is -0.126. The monoisotopic (exact) mass is 567 g/mol. The molecule has 1 unspecified atom stereocenters. The minimum Gasteiger partial charge on any atom is -0.493 e. The Kier molecular flexibility index (Phi) is 11.4. The molecule has 1 heterocycles. The Labute approximate surface area is 231 Å². The first-order valence-corrected chi connectivity index (χ1v) is 15.2. The van der Waals surface area contributed by atoms with Gasteiger partial charge >= 0.3 is 0 Å². The molecule has 212 valence electrons. The quantitative estimate of drug-likeness (QED) is 0.348. The maximum atomic E-state index is 12.9. The van der Waals surface area contributed by atoms with Crippen LogP contribution in [-0.4, -0.2) is 85.2 Å². The summed E-state index contributed by atoms with van der Waals surface area (Å²) in [4.78, 5) is 16.1. The normalized spacial score (nSPS) is 18.9. The number of carbonyl (C=O) groups is 1. The number of methoxy groups -OCH3 is 2. The molecule has 1 aromatic carbocycles. The average Bonchev–Trinajstić information content (AvgIpc) is 3.44. The molecule has 0 saturated heterocycles. The first kappa shape index (κ1) is 30.4. The average molecular weight is 568 g/mol. The molecule has 38 heavy (non-hydrogen) atoms. The van der Waals surface area contributed by atoms with E-state index in [0.717, 1.165) is 25.7 Å². The van der Waals surface area contributed by atoms with Gasteiger partial charge in [-0.1, -0.05) is 6.07 Å². The van der Waals surface area contributed by atoms with Gasteiger partial charge in [0.2, 0.25) is 15.9 Å². The highest BCUT2D eigenvalue weighted by atomic mass is 32.2. The summed E-state index contributed by atoms with van der Waals surface area (Å²) < 4.78 is 42.8. The van der Waals surface area contributed by atoms with Gasteiger partial charge < -0.3 is 24.4 Å². The van der Waals surface area contributed by atoms with Crippen molar-refractivity contribution in [2.45, 2.75) is 36.6 Å². The zero-order chi connectivity index (χ0) is 27.7. The Balaban J connectivity index is 1.36. The molecule has 1 N–H and O–H groups in total. The molecule has 2 aromatic rings. The van der Waals surface area contributed by atoms with Gasteiger partial charge in [-0.3, -0.25) is 4.79 Å². The first-order chi connectivity index (χ1) is 18.2. The van der Waals surface area contributed by atoms with E-state index in [0.29, 0.717) is 35.9 Å². The van der Waals surface area contributed by atoms with Crippen molar-refractivity contribution in [2.24, 2.45) is 11.8 Å². The highest BCUT2D eigenvalue weighted by Crippen LogP contribution is 2.40. The van der Waals surface area contributed by atoms with Crippen LogP contribution in [0.5, 0.6) is 11.5 Å². The second-order valence-corrected chi connectivity index (χ2v) is 12.9. The second-order valence-electron chi connectivity index (χ2n) is 9.90. The molecule has 0 aliphatic heterocycles. The maximum Gasteiger partial charge on any atom is 0.246 e. The third-order valence-electron chi connectivity index (χ3n) is 7.16. The van der Waals surface area contributed by atoms with E-state index in [-0.39, 0.29) is 30.6 Å². The zero-order valence-electron chi connectivity index (χ0n) is 23.0. The summed E-state index contributed by atoms with van der Waals surface area (Å²) in [5.74, 6) is 1.71. The van der Waals surface area contributed by atoms with Gasteiger partial charge in [-0.15, -0.1) is 11.3 Å². The van der Waals surface area contributed by atoms with E-state index in [1.807, 2.05) is 11.3 Å². The van der Waals surface area contributed by atoms with Crippen LogP contribution in [0.15, 0.2) is 40.6 Å². The molecule has 1 aliphatic carbocycles. The fourth-order valence-corrected chi connectivity index (χ4v) is 7.21. The number of hydrogen-bond donors (Lipinski definition) is 1. The minimum absolute atomic E-state index is 0.0948. The standard InChI is InChI=1S/C27H41N3O6S2/c1-29(2)27(25-7-6-16-37-25)21-10-8-20(9-11-21)18-28-26(31)19-36-15-14-30(3)38(32,33)22-12-13-23(34-4)24(17-22)35-5/h6-7,12-13,16-17,20-21,27H,8-11,14-15,18-19H2,1-5H3,(H,28,31). The highest BCUT2D eigenvalue weighted by molar-refractivity contribution is 7.89. The Morgan fingerprint density at radius 1 is 1.08 bits per heavy atom. The van der Waals surface area contributed by atoms with Crippen LogP contribution in [0.2, 0.25) is 0 Å². The fourth-order valence-electron chi connectivity index (χ4n) is 5.02. The van der Waals surface area contributed by atoms with E-state index in [1.54, 1.807) is 6.07 Å². The van der Waals surface area contributed by atoms with Crippen molar-refractivity contribution in [3.63, 3.8) is 0 Å². The molecule has 1 fully saturated rings. The summed E-state index contributed by atoms with van der Waals surface area (Å²) >= 11 is 1.82. The van der Waals surface area contributed by atoms with Crippen molar-refractivity contribution in [2.75, 3.05) is 61.7 Å². The second kappa shape index (κ2) is 14.3. The van der Waals surface area contributed by atoms with E-state index >= 15 is 0 Å². The van der Waals surface area contributed by atoms with Crippen LogP contribution < -0.4 is 14.8 Å². The van der Waals surface area contributed by atoms with Gasteiger partial charge in [0.1, 0.15) is 6.61 Å². The van der Waals surface area contributed by atoms with Gasteiger partial charge in [0, 0.05) is 37.1 Å². The highest BCUT2D eigenvalue weighted by Gasteiger charge is 2.30. The Morgan fingerprint density at radius 3 is 2.39 bits per heavy atom. The van der Waals surface area contributed by atoms with Gasteiger partial charge in [0.15, 0.2) is 11.5 Å². The summed E-state index contributed by atoms with van der Waals surface area (Å²) in [6.45, 7) is 0.774. The summed E-state index contributed by atoms with van der Waals surface area (Å²) in [5.41, 5.74) is 0. The van der Waals surface area contributed by atoms with Crippen LogP contribution in [0.1, 0.15) is 36.6 Å². The molecule has 0 radical (unpaired) electrons. The number of nitrogens with one attached hydrogen (secondary N) is 1. The van der Waals surface area contributed by atoms with Crippen LogP contribution in [0.3, 0.4) is 0 Å². The largest absolute Gasteiger partial charge is 0.493 e. The Hall–Kier alpha value is -2.18. The third-order valence-corrected chi connectivity index (χ3v) is 9.96. The molecule has 1 atom stereocenters. The van der Waals surface area contributed by atoms with E-state index in [1.165, 1.54) is 42.6 Å². The molecule has 9 nitrogen and oxygen atoms in total. The number of nitrogens with zero attached hydrogens (tertiary/aromatic N) is 2. The summed E-state index contributed by atoms with van der Waals surface area (Å²) in [6, 6.07) is 9.25. The molecule has 1 saturated carbocycles. The molecule has 3 rings (SSSR count). The Morgan fingerprint density at radius 2 is 1.79 bits per heavy atom. The first-order valence-electron chi connectivity index (χ1n) is 12.9. The van der Waals surface area contributed by atoms with Gasteiger partial charge in [0.05, 0.1) is 25.7 Å². The van der Waals surface area contributed by atoms with Crippen molar-refractivity contribution in [3.05, 3.63) is 40.6 Å². The van der Waals surface area contributed by atoms with Crippen molar-refractivity contribution in [1.82, 2.24) is 14.5 Å². The van der Waals surface area contributed by atoms with E-state index in [4.69, 9.17) is 14.2 Å². The topological polar surface area (TPSA) is 97.4 Å². The lowest BCUT2D eigenvalue weighted by atomic mass is 9.77. The number of carbonyl (C=O) groups excluding carboxylic acids is 1. The van der Waals surface area contributed by atoms with Crippen LogP contribution in [0.4, 0.5) is 0 Å². The van der Waals surface area contributed by atoms with Crippen molar-refractivity contribution < 1.29 is 27.4 Å². The van der Waals surface area contributed by atoms with Crippen molar-refractivity contribution in [1.29, 1.82) is 0 Å². The van der Waals surface area contributed by atoms with Crippen LogP contribution in [0, 0.1) is 11.8 Å². The number of rotatable bonds is 14. The van der Waals surface area contributed by atoms with Gasteiger partial charge in [-0.25, -0.2) is 8.42 Å². The SMILES string of the molecule is COc1ccc(S(=O)(=O)N(C)CCOCC(=O)NCC2CCC(C(c3cccs3)N(C)C)CC2)cc1OC. The number of sulfonamides is 1. The number of thiophene rings is 1. The molecular weight excluding hydrogens is 526 g/mol. The Bertz CT molecular complexity index is 1120. The molecule has 1 amide bonds. The zero-order valence-corrected chi connectivity index (χ0v) is 24.6. The number of benzene rings is 1. The van der Waals surface area contributed by atoms with Gasteiger partial charge in [0.25, 0.3) is 0 Å². The predicted octanol–water partition coefficient (Wildman–Crippen LogP) is 3.63. The van der Waals surface area contributed by atoms with E-state index in [9.17, 15) is 13.2 Å². The van der Waals surface area contributed by atoms with Gasteiger partial charge in [-0.2, -0.15) is 4.31 Å². The van der Waals surface area contributed by atoms with Crippen LogP contribution in [-0.2, 0) is 19.6 Å². The molecule has 0 spiro atoms. The summed E-state index contributed by atoms with van der Waals surface area (Å²) in [7, 11) is 4.99. The smallest absolute Gasteiger partial charge is 0.246 e. The van der Waals surface area contributed by atoms with Crippen LogP contribution >= 0.6 is 11.3 Å². The lowest BCUT2D eigenvalue weighted by Gasteiger charge is -2.37. The van der Waals surface area contributed by atoms with E-state index in [2.05, 4.69) is 41.8 Å². The summed E-state index contributed by atoms with van der Waals surface area (Å²) in [5, 5.41) is 5.13. The minimum atomic E-state index is -3.74. The summed E-state index contributed by atoms with van der Waals surface area (Å²) in [6.07, 6.45) is 4.50. The molecule has 1 aliphatic rings. The maximum absolute atomic E-state index is 12.9. The lowest BCUT2D eigenvalue weighted by Crippen LogP contribution is -2.36. The number of hydrogen-bond acceptors (Lipinski definition) is 8. The number of ether oxygens (including phenoxy) is 3. The number of likely N-dealkylation sites (N-methyl/N-ethyl adjacent to an activating group) is 1. The van der Waals surface area contributed by atoms with Crippen molar-refractivity contribution in [3.8, 4) is 11.5 Å². The molecule has 11 heteroatoms. The van der Waals surface area contributed by atoms with E-state index < -0.39 is 10.0 Å². The third kappa shape index (κ3) is 7.92. The molecule has 0 bridgehead atoms. The van der Waals surface area contributed by atoms with Crippen molar-refractivity contribution >= 4 is 27.3 Å². The molecular formula is C27H41N3O6S2. The van der Waals surface area contributed by atoms with Gasteiger partial charge in [-0.05, 0) is 75.2 Å². The number of amides is 1. The predicted molar refractivity (Wildman–Crippen MR) is 149 cm³/mol. The van der Waals surface area contributed by atoms with Crippen LogP contribution in [0.25, 0.3) is 0 Å².